The normalized spacial score (nSPS) is 9.91. The first-order valence-corrected chi connectivity index (χ1v) is 7.38. The van der Waals surface area contributed by atoms with E-state index in [0.29, 0.717) is 19.5 Å². The number of halogens is 1. The summed E-state index contributed by atoms with van der Waals surface area (Å²) in [5, 5.41) is 2.81. The molecule has 4 heteroatoms. The number of nitrogens with two attached hydrogens (primary N) is 1. The molecule has 0 aliphatic heterocycles. The molecule has 1 amide bonds. The zero-order valence-corrected chi connectivity index (χ0v) is 13.7. The predicted octanol–water partition coefficient (Wildman–Crippen LogP) is 2.96. The smallest absolute Gasteiger partial charge is 0.224 e. The molecule has 0 saturated heterocycles. The SMILES string of the molecule is CCNC(=O)Cc1ccc(-c2ccc(CCN)cc2)cc1.Cl. The van der Waals surface area contributed by atoms with Crippen molar-refractivity contribution >= 4 is 18.3 Å². The van der Waals surface area contributed by atoms with Crippen LogP contribution in [0.2, 0.25) is 0 Å². The summed E-state index contributed by atoms with van der Waals surface area (Å²) in [4.78, 5) is 11.5. The summed E-state index contributed by atoms with van der Waals surface area (Å²) in [7, 11) is 0. The molecule has 0 radical (unpaired) electrons. The van der Waals surface area contributed by atoms with Crippen LogP contribution < -0.4 is 11.1 Å². The second-order valence-electron chi connectivity index (χ2n) is 5.06. The van der Waals surface area contributed by atoms with Crippen LogP contribution in [0.25, 0.3) is 11.1 Å². The average Bonchev–Trinajstić information content (AvgIpc) is 2.49. The maximum atomic E-state index is 11.5. The van der Waals surface area contributed by atoms with E-state index in [2.05, 4.69) is 41.7 Å². The summed E-state index contributed by atoms with van der Waals surface area (Å²) < 4.78 is 0. The third-order valence-corrected chi connectivity index (χ3v) is 3.41. The molecule has 0 unspecified atom stereocenters. The van der Waals surface area contributed by atoms with Crippen LogP contribution in [0.3, 0.4) is 0 Å². The largest absolute Gasteiger partial charge is 0.356 e. The maximum Gasteiger partial charge on any atom is 0.224 e. The molecule has 3 N–H and O–H groups in total. The van der Waals surface area contributed by atoms with Gasteiger partial charge in [0.25, 0.3) is 0 Å². The van der Waals surface area contributed by atoms with Gasteiger partial charge in [-0.15, -0.1) is 12.4 Å². The Morgan fingerprint density at radius 3 is 1.91 bits per heavy atom. The van der Waals surface area contributed by atoms with E-state index in [1.54, 1.807) is 0 Å². The summed E-state index contributed by atoms with van der Waals surface area (Å²) >= 11 is 0. The number of nitrogens with one attached hydrogen (secondary N) is 1. The van der Waals surface area contributed by atoms with Crippen LogP contribution in [0.4, 0.5) is 0 Å². The third-order valence-electron chi connectivity index (χ3n) is 3.41. The van der Waals surface area contributed by atoms with Crippen molar-refractivity contribution in [2.24, 2.45) is 5.73 Å². The maximum absolute atomic E-state index is 11.5. The lowest BCUT2D eigenvalue weighted by Gasteiger charge is -2.06. The zero-order valence-electron chi connectivity index (χ0n) is 12.8. The molecule has 0 aliphatic carbocycles. The Morgan fingerprint density at radius 1 is 0.955 bits per heavy atom. The Bertz CT molecular complexity index is 579. The Morgan fingerprint density at radius 2 is 1.45 bits per heavy atom. The van der Waals surface area contributed by atoms with Crippen molar-refractivity contribution in [1.29, 1.82) is 0 Å². The number of carbonyl (C=O) groups excluding carboxylic acids is 1. The van der Waals surface area contributed by atoms with Crippen LogP contribution in [-0.4, -0.2) is 19.0 Å². The quantitative estimate of drug-likeness (QED) is 0.860. The number of benzene rings is 2. The van der Waals surface area contributed by atoms with Gasteiger partial charge in [0.1, 0.15) is 0 Å². The zero-order chi connectivity index (χ0) is 15.1. The van der Waals surface area contributed by atoms with Gasteiger partial charge in [-0.05, 0) is 42.1 Å². The Balaban J connectivity index is 0.00000242. The Hall–Kier alpha value is -1.84. The van der Waals surface area contributed by atoms with E-state index in [1.165, 1.54) is 11.1 Å². The molecule has 22 heavy (non-hydrogen) atoms. The Labute approximate surface area is 138 Å². The van der Waals surface area contributed by atoms with Crippen LogP contribution in [0.1, 0.15) is 18.1 Å². The van der Waals surface area contributed by atoms with Gasteiger partial charge < -0.3 is 11.1 Å². The van der Waals surface area contributed by atoms with E-state index in [4.69, 9.17) is 5.73 Å². The fourth-order valence-electron chi connectivity index (χ4n) is 2.29. The minimum Gasteiger partial charge on any atom is -0.356 e. The van der Waals surface area contributed by atoms with Gasteiger partial charge in [-0.3, -0.25) is 4.79 Å². The molecule has 2 rings (SSSR count). The minimum atomic E-state index is 0. The molecular formula is C18H23ClN2O. The molecule has 3 nitrogen and oxygen atoms in total. The first kappa shape index (κ1) is 18.2. The first-order valence-electron chi connectivity index (χ1n) is 7.38. The third kappa shape index (κ3) is 5.17. The van der Waals surface area contributed by atoms with Gasteiger partial charge in [-0.1, -0.05) is 48.5 Å². The van der Waals surface area contributed by atoms with Crippen LogP contribution in [0.5, 0.6) is 0 Å². The Kier molecular flexibility index (Phi) is 7.64. The molecule has 0 spiro atoms. The van der Waals surface area contributed by atoms with Crippen molar-refractivity contribution in [1.82, 2.24) is 5.32 Å². The lowest BCUT2D eigenvalue weighted by atomic mass is 10.0. The summed E-state index contributed by atoms with van der Waals surface area (Å²) in [6.07, 6.45) is 1.34. The summed E-state index contributed by atoms with van der Waals surface area (Å²) in [5.41, 5.74) is 10.2. The van der Waals surface area contributed by atoms with E-state index in [9.17, 15) is 4.79 Å². The highest BCUT2D eigenvalue weighted by molar-refractivity contribution is 5.85. The van der Waals surface area contributed by atoms with Gasteiger partial charge in [0.15, 0.2) is 0 Å². The van der Waals surface area contributed by atoms with Crippen molar-refractivity contribution in [2.75, 3.05) is 13.1 Å². The van der Waals surface area contributed by atoms with Gasteiger partial charge in [-0.2, -0.15) is 0 Å². The average molecular weight is 319 g/mol. The van der Waals surface area contributed by atoms with Crippen LogP contribution in [0, 0.1) is 0 Å². The van der Waals surface area contributed by atoms with Gasteiger partial charge >= 0.3 is 0 Å². The molecule has 0 bridgehead atoms. The van der Waals surface area contributed by atoms with Crippen LogP contribution in [-0.2, 0) is 17.6 Å². The number of likely N-dealkylation sites (N-methyl/N-ethyl adjacent to an activating group) is 1. The van der Waals surface area contributed by atoms with Crippen LogP contribution >= 0.6 is 12.4 Å². The standard InChI is InChI=1S/C18H22N2O.ClH/c1-2-20-18(21)13-15-5-9-17(10-6-15)16-7-3-14(4-8-16)11-12-19;/h3-10H,2,11-13,19H2,1H3,(H,20,21);1H. The summed E-state index contributed by atoms with van der Waals surface area (Å²) in [6, 6.07) is 16.6. The molecule has 2 aromatic carbocycles. The number of carbonyl (C=O) groups is 1. The molecule has 0 aromatic heterocycles. The van der Waals surface area contributed by atoms with Crippen molar-refractivity contribution in [3.05, 3.63) is 59.7 Å². The van der Waals surface area contributed by atoms with Crippen molar-refractivity contribution in [3.63, 3.8) is 0 Å². The van der Waals surface area contributed by atoms with E-state index < -0.39 is 0 Å². The van der Waals surface area contributed by atoms with Crippen molar-refractivity contribution in [3.8, 4) is 11.1 Å². The van der Waals surface area contributed by atoms with Crippen molar-refractivity contribution in [2.45, 2.75) is 19.8 Å². The molecular weight excluding hydrogens is 296 g/mol. The molecule has 0 atom stereocenters. The number of hydrogen-bond acceptors (Lipinski definition) is 2. The molecule has 2 aromatic rings. The van der Waals surface area contributed by atoms with Gasteiger partial charge in [-0.25, -0.2) is 0 Å². The summed E-state index contributed by atoms with van der Waals surface area (Å²) in [5.74, 6) is 0.0661. The number of rotatable bonds is 6. The van der Waals surface area contributed by atoms with Crippen LogP contribution in [0.15, 0.2) is 48.5 Å². The molecule has 118 valence electrons. The van der Waals surface area contributed by atoms with Gasteiger partial charge in [0, 0.05) is 6.54 Å². The predicted molar refractivity (Wildman–Crippen MR) is 94.3 cm³/mol. The minimum absolute atomic E-state index is 0. The van der Waals surface area contributed by atoms with E-state index in [1.807, 2.05) is 19.1 Å². The highest BCUT2D eigenvalue weighted by Crippen LogP contribution is 2.20. The monoisotopic (exact) mass is 318 g/mol. The fraction of sp³-hybridized carbons (Fsp3) is 0.278. The van der Waals surface area contributed by atoms with Crippen molar-refractivity contribution < 1.29 is 4.79 Å². The molecule has 0 heterocycles. The topological polar surface area (TPSA) is 55.1 Å². The van der Waals surface area contributed by atoms with Gasteiger partial charge in [0.05, 0.1) is 6.42 Å². The van der Waals surface area contributed by atoms with E-state index in [0.717, 1.165) is 17.5 Å². The second kappa shape index (κ2) is 9.23. The van der Waals surface area contributed by atoms with Gasteiger partial charge in [0.2, 0.25) is 5.91 Å². The molecule has 0 saturated carbocycles. The fourth-order valence-corrected chi connectivity index (χ4v) is 2.29. The molecule has 0 aliphatic rings. The molecule has 0 fully saturated rings. The lowest BCUT2D eigenvalue weighted by molar-refractivity contribution is -0.120. The first-order chi connectivity index (χ1) is 10.2. The van der Waals surface area contributed by atoms with E-state index >= 15 is 0 Å². The second-order valence-corrected chi connectivity index (χ2v) is 5.06. The highest BCUT2D eigenvalue weighted by Gasteiger charge is 2.03. The highest BCUT2D eigenvalue weighted by atomic mass is 35.5. The number of amides is 1. The summed E-state index contributed by atoms with van der Waals surface area (Å²) in [6.45, 7) is 3.27. The number of hydrogen-bond donors (Lipinski definition) is 2. The lowest BCUT2D eigenvalue weighted by Crippen LogP contribution is -2.24. The van der Waals surface area contributed by atoms with E-state index in [-0.39, 0.29) is 18.3 Å².